The number of aromatic nitrogens is 3. The van der Waals surface area contributed by atoms with E-state index in [9.17, 15) is 14.7 Å². The molecule has 34 heavy (non-hydrogen) atoms. The van der Waals surface area contributed by atoms with Gasteiger partial charge in [-0.2, -0.15) is 9.61 Å². The van der Waals surface area contributed by atoms with Crippen LogP contribution in [0, 0.1) is 20.8 Å². The van der Waals surface area contributed by atoms with E-state index in [1.807, 2.05) is 64.6 Å². The number of aryl methyl sites for hydroxylation is 3. The molecule has 4 rings (SSSR count). The van der Waals surface area contributed by atoms with E-state index in [4.69, 9.17) is 9.84 Å². The molecule has 1 aliphatic heterocycles. The summed E-state index contributed by atoms with van der Waals surface area (Å²) in [5.41, 5.74) is 4.71. The van der Waals surface area contributed by atoms with Crippen molar-refractivity contribution in [1.29, 1.82) is 0 Å². The van der Waals surface area contributed by atoms with Gasteiger partial charge < -0.3 is 19.6 Å². The molecule has 0 saturated carbocycles. The van der Waals surface area contributed by atoms with Crippen LogP contribution in [-0.2, 0) is 4.74 Å². The van der Waals surface area contributed by atoms with Crippen LogP contribution < -0.4 is 4.90 Å². The van der Waals surface area contributed by atoms with Gasteiger partial charge in [-0.1, -0.05) is 18.2 Å². The number of carbonyl (C=O) groups excluding carboxylic acids is 1. The number of fused-ring (bicyclic) bond motifs is 1. The van der Waals surface area contributed by atoms with Crippen molar-refractivity contribution in [2.75, 3.05) is 31.1 Å². The third-order valence-corrected chi connectivity index (χ3v) is 5.95. The molecule has 2 aromatic heterocycles. The van der Waals surface area contributed by atoms with E-state index in [0.717, 1.165) is 27.9 Å². The summed E-state index contributed by atoms with van der Waals surface area (Å²) in [6.07, 6.45) is -0.342. The van der Waals surface area contributed by atoms with E-state index in [1.165, 1.54) is 0 Å². The van der Waals surface area contributed by atoms with Crippen LogP contribution >= 0.6 is 0 Å². The van der Waals surface area contributed by atoms with Crippen LogP contribution in [-0.4, -0.2) is 68.4 Å². The predicted molar refractivity (Wildman–Crippen MR) is 130 cm³/mol. The van der Waals surface area contributed by atoms with Crippen molar-refractivity contribution in [1.82, 2.24) is 19.5 Å². The summed E-state index contributed by atoms with van der Waals surface area (Å²) in [7, 11) is 0. The lowest BCUT2D eigenvalue weighted by Crippen LogP contribution is -2.50. The number of hydrogen-bond donors (Lipinski definition) is 1. The van der Waals surface area contributed by atoms with Gasteiger partial charge in [0.2, 0.25) is 0 Å². The van der Waals surface area contributed by atoms with Gasteiger partial charge in [0.15, 0.2) is 11.3 Å². The maximum atomic E-state index is 12.5. The molecule has 0 spiro atoms. The highest BCUT2D eigenvalue weighted by Gasteiger charge is 2.29. The molecule has 180 valence electrons. The molecular formula is C25H31N5O4. The number of hydrogen-bond acceptors (Lipinski definition) is 6. The first-order valence-electron chi connectivity index (χ1n) is 11.4. The lowest BCUT2D eigenvalue weighted by molar-refractivity contribution is 0.0240. The van der Waals surface area contributed by atoms with Crippen molar-refractivity contribution in [3.05, 3.63) is 46.8 Å². The van der Waals surface area contributed by atoms with Crippen LogP contribution in [0.4, 0.5) is 10.6 Å². The zero-order valence-electron chi connectivity index (χ0n) is 20.5. The van der Waals surface area contributed by atoms with E-state index < -0.39 is 11.6 Å². The number of ether oxygens (including phenoxy) is 1. The van der Waals surface area contributed by atoms with E-state index >= 15 is 0 Å². The first kappa shape index (κ1) is 23.5. The van der Waals surface area contributed by atoms with E-state index in [-0.39, 0.29) is 11.8 Å². The van der Waals surface area contributed by atoms with Crippen LogP contribution in [0.3, 0.4) is 0 Å². The van der Waals surface area contributed by atoms with Crippen LogP contribution in [0.25, 0.3) is 16.8 Å². The van der Waals surface area contributed by atoms with Crippen LogP contribution in [0.5, 0.6) is 0 Å². The first-order valence-corrected chi connectivity index (χ1v) is 11.4. The molecule has 3 aromatic rings. The van der Waals surface area contributed by atoms with Crippen LogP contribution in [0.15, 0.2) is 24.3 Å². The summed E-state index contributed by atoms with van der Waals surface area (Å²) in [6, 6.07) is 7.62. The number of carboxylic acid groups (broad SMARTS) is 1. The Hall–Kier alpha value is -3.62. The number of carboxylic acids is 1. The van der Waals surface area contributed by atoms with Crippen LogP contribution in [0.2, 0.25) is 0 Å². The van der Waals surface area contributed by atoms with E-state index in [2.05, 4.69) is 4.98 Å². The average molecular weight is 466 g/mol. The second-order valence-corrected chi connectivity index (χ2v) is 9.72. The summed E-state index contributed by atoms with van der Waals surface area (Å²) in [5, 5.41) is 14.6. The van der Waals surface area contributed by atoms with Gasteiger partial charge in [0, 0.05) is 32.2 Å². The van der Waals surface area contributed by atoms with Crippen molar-refractivity contribution < 1.29 is 19.4 Å². The number of benzene rings is 1. The fourth-order valence-corrected chi connectivity index (χ4v) is 4.39. The molecule has 0 unspecified atom stereocenters. The van der Waals surface area contributed by atoms with Crippen molar-refractivity contribution in [3.63, 3.8) is 0 Å². The number of aromatic carboxylic acids is 1. The second-order valence-electron chi connectivity index (χ2n) is 9.72. The SMILES string of the molecule is Cc1cccc(C)c1-c1c(C)nn2c(N3CCN(C(=O)OC(C)(C)C)CC3)cc(C(=O)O)nc12. The second kappa shape index (κ2) is 8.62. The highest BCUT2D eigenvalue weighted by atomic mass is 16.6. The minimum Gasteiger partial charge on any atom is -0.477 e. The number of amides is 1. The maximum absolute atomic E-state index is 12.5. The smallest absolute Gasteiger partial charge is 0.410 e. The molecule has 0 bridgehead atoms. The number of piperazine rings is 1. The minimum atomic E-state index is -1.09. The Morgan fingerprint density at radius 3 is 2.18 bits per heavy atom. The predicted octanol–water partition coefficient (Wildman–Crippen LogP) is 4.08. The highest BCUT2D eigenvalue weighted by molar-refractivity contribution is 5.90. The zero-order valence-corrected chi connectivity index (χ0v) is 20.5. The Bertz CT molecular complexity index is 1250. The number of rotatable bonds is 3. The van der Waals surface area contributed by atoms with Crippen LogP contribution in [0.1, 0.15) is 48.1 Å². The molecule has 1 N–H and O–H groups in total. The lowest BCUT2D eigenvalue weighted by atomic mass is 9.96. The average Bonchev–Trinajstić information content (AvgIpc) is 3.07. The highest BCUT2D eigenvalue weighted by Crippen LogP contribution is 2.34. The summed E-state index contributed by atoms with van der Waals surface area (Å²) < 4.78 is 7.22. The Labute approximate surface area is 199 Å². The number of carbonyl (C=O) groups is 2. The van der Waals surface area contributed by atoms with Crippen molar-refractivity contribution in [2.45, 2.75) is 47.1 Å². The Morgan fingerprint density at radius 1 is 1.00 bits per heavy atom. The van der Waals surface area contributed by atoms with E-state index in [0.29, 0.717) is 37.6 Å². The summed E-state index contributed by atoms with van der Waals surface area (Å²) >= 11 is 0. The molecule has 0 aliphatic carbocycles. The van der Waals surface area contributed by atoms with Crippen molar-refractivity contribution in [3.8, 4) is 11.1 Å². The molecule has 1 aliphatic rings. The third kappa shape index (κ3) is 4.42. The van der Waals surface area contributed by atoms with Gasteiger partial charge in [-0.25, -0.2) is 14.6 Å². The molecule has 9 heteroatoms. The molecule has 1 amide bonds. The molecule has 1 aromatic carbocycles. The quantitative estimate of drug-likeness (QED) is 0.622. The monoisotopic (exact) mass is 465 g/mol. The topological polar surface area (TPSA) is 100 Å². The Kier molecular flexibility index (Phi) is 5.97. The third-order valence-electron chi connectivity index (χ3n) is 5.95. The van der Waals surface area contributed by atoms with Gasteiger partial charge in [0.1, 0.15) is 11.4 Å². The lowest BCUT2D eigenvalue weighted by Gasteiger charge is -2.36. The maximum Gasteiger partial charge on any atom is 0.410 e. The Balaban J connectivity index is 1.75. The fourth-order valence-electron chi connectivity index (χ4n) is 4.39. The van der Waals surface area contributed by atoms with Gasteiger partial charge >= 0.3 is 12.1 Å². The van der Waals surface area contributed by atoms with Crippen molar-refractivity contribution >= 4 is 23.5 Å². The van der Waals surface area contributed by atoms with E-state index in [1.54, 1.807) is 15.5 Å². The van der Waals surface area contributed by atoms with Crippen molar-refractivity contribution in [2.24, 2.45) is 0 Å². The molecule has 0 atom stereocenters. The summed E-state index contributed by atoms with van der Waals surface area (Å²) in [4.78, 5) is 32.6. The fraction of sp³-hybridized carbons (Fsp3) is 0.440. The largest absolute Gasteiger partial charge is 0.477 e. The Morgan fingerprint density at radius 2 is 1.62 bits per heavy atom. The normalized spacial score (nSPS) is 14.5. The number of anilines is 1. The molecule has 3 heterocycles. The standard InChI is InChI=1S/C25H31N5O4/c1-15-8-7-9-16(2)20(15)21-17(3)27-30-19(14-18(23(31)32)26-22(21)30)28-10-12-29(13-11-28)24(33)34-25(4,5)6/h7-9,14H,10-13H2,1-6H3,(H,31,32). The van der Waals surface area contributed by atoms with Gasteiger partial charge in [-0.15, -0.1) is 0 Å². The summed E-state index contributed by atoms with van der Waals surface area (Å²) in [6.45, 7) is 13.5. The van der Waals surface area contributed by atoms with Gasteiger partial charge in [0.05, 0.1) is 11.3 Å². The molecule has 1 fully saturated rings. The van der Waals surface area contributed by atoms with Gasteiger partial charge in [0.25, 0.3) is 0 Å². The molecule has 0 radical (unpaired) electrons. The number of nitrogens with zero attached hydrogens (tertiary/aromatic N) is 5. The van der Waals surface area contributed by atoms with Gasteiger partial charge in [-0.05, 0) is 58.2 Å². The van der Waals surface area contributed by atoms with Gasteiger partial charge in [-0.3, -0.25) is 0 Å². The zero-order chi connectivity index (χ0) is 24.8. The molecule has 9 nitrogen and oxygen atoms in total. The first-order chi connectivity index (χ1) is 16.0. The minimum absolute atomic E-state index is 0.0375. The molecule has 1 saturated heterocycles. The summed E-state index contributed by atoms with van der Waals surface area (Å²) in [5.74, 6) is -0.450. The molecular weight excluding hydrogens is 434 g/mol.